The molecule has 2 rings (SSSR count). The van der Waals surface area contributed by atoms with Crippen LogP contribution >= 0.6 is 0 Å². The van der Waals surface area contributed by atoms with Gasteiger partial charge in [0.1, 0.15) is 6.10 Å². The van der Waals surface area contributed by atoms with Crippen LogP contribution in [0.1, 0.15) is 18.6 Å². The number of rotatable bonds is 9. The van der Waals surface area contributed by atoms with Gasteiger partial charge in [0.2, 0.25) is 0 Å². The van der Waals surface area contributed by atoms with Crippen molar-refractivity contribution in [3.05, 3.63) is 48.0 Å². The van der Waals surface area contributed by atoms with Gasteiger partial charge in [-0.2, -0.15) is 0 Å². The van der Waals surface area contributed by atoms with E-state index in [0.717, 1.165) is 0 Å². The molecule has 0 amide bonds. The van der Waals surface area contributed by atoms with Crippen molar-refractivity contribution < 1.29 is 29.2 Å². The number of aliphatic hydroxyl groups excluding tert-OH is 2. The Morgan fingerprint density at radius 2 is 1.60 bits per heavy atom. The maximum Gasteiger partial charge on any atom is 0.161 e. The standard InChI is InChI=1S/C19H24O6/c1-4-24-15-10-9-13(11-17(15)23-3)19(21)18(12-20)25-16-8-6-5-7-14(16)22-2/h5-11,18-21H,4,12H2,1-3H3/t18-,19-/m0/s1. The zero-order valence-electron chi connectivity index (χ0n) is 14.6. The van der Waals surface area contributed by atoms with Gasteiger partial charge in [-0.25, -0.2) is 0 Å². The first-order valence-electron chi connectivity index (χ1n) is 8.03. The molecule has 0 radical (unpaired) electrons. The molecule has 2 N–H and O–H groups in total. The highest BCUT2D eigenvalue weighted by Crippen LogP contribution is 2.33. The van der Waals surface area contributed by atoms with Crippen LogP contribution in [0.2, 0.25) is 0 Å². The predicted molar refractivity (Wildman–Crippen MR) is 93.6 cm³/mol. The molecule has 2 aromatic carbocycles. The molecule has 6 heteroatoms. The summed E-state index contributed by atoms with van der Waals surface area (Å²) in [5, 5.41) is 20.3. The van der Waals surface area contributed by atoms with Crippen molar-refractivity contribution >= 4 is 0 Å². The summed E-state index contributed by atoms with van der Waals surface area (Å²) in [6.07, 6.45) is -1.92. The Labute approximate surface area is 147 Å². The summed E-state index contributed by atoms with van der Waals surface area (Å²) in [6.45, 7) is 2.02. The number of aliphatic hydroxyl groups is 2. The Kier molecular flexibility index (Phi) is 6.91. The molecule has 0 heterocycles. The molecule has 0 bridgehead atoms. The molecular weight excluding hydrogens is 324 g/mol. The van der Waals surface area contributed by atoms with Crippen LogP contribution in [-0.4, -0.2) is 43.8 Å². The molecule has 2 atom stereocenters. The minimum absolute atomic E-state index is 0.366. The summed E-state index contributed by atoms with van der Waals surface area (Å²) in [7, 11) is 3.06. The van der Waals surface area contributed by atoms with Crippen LogP contribution in [0, 0.1) is 0 Å². The van der Waals surface area contributed by atoms with Gasteiger partial charge in [-0.1, -0.05) is 18.2 Å². The number of methoxy groups -OCH3 is 2. The first-order chi connectivity index (χ1) is 12.1. The van der Waals surface area contributed by atoms with Gasteiger partial charge in [0.25, 0.3) is 0 Å². The Hall–Kier alpha value is -2.44. The zero-order chi connectivity index (χ0) is 18.2. The van der Waals surface area contributed by atoms with E-state index in [1.165, 1.54) is 14.2 Å². The van der Waals surface area contributed by atoms with Crippen molar-refractivity contribution in [3.63, 3.8) is 0 Å². The normalized spacial score (nSPS) is 13.0. The van der Waals surface area contributed by atoms with Gasteiger partial charge in [-0.3, -0.25) is 0 Å². The average molecular weight is 348 g/mol. The topological polar surface area (TPSA) is 77.4 Å². The second kappa shape index (κ2) is 9.15. The Morgan fingerprint density at radius 3 is 2.20 bits per heavy atom. The predicted octanol–water partition coefficient (Wildman–Crippen LogP) is 2.58. The maximum atomic E-state index is 10.6. The van der Waals surface area contributed by atoms with Crippen molar-refractivity contribution in [2.24, 2.45) is 0 Å². The van der Waals surface area contributed by atoms with Gasteiger partial charge in [-0.05, 0) is 36.8 Å². The summed E-state index contributed by atoms with van der Waals surface area (Å²) < 4.78 is 21.8. The van der Waals surface area contributed by atoms with E-state index in [4.69, 9.17) is 18.9 Å². The van der Waals surface area contributed by atoms with E-state index in [2.05, 4.69) is 0 Å². The van der Waals surface area contributed by atoms with E-state index in [1.54, 1.807) is 36.4 Å². The molecule has 2 aromatic rings. The Bertz CT molecular complexity index is 673. The highest BCUT2D eigenvalue weighted by Gasteiger charge is 2.24. The average Bonchev–Trinajstić information content (AvgIpc) is 2.66. The van der Waals surface area contributed by atoms with Crippen LogP contribution in [0.3, 0.4) is 0 Å². The largest absolute Gasteiger partial charge is 0.493 e. The Morgan fingerprint density at radius 1 is 0.920 bits per heavy atom. The van der Waals surface area contributed by atoms with Gasteiger partial charge < -0.3 is 29.2 Å². The molecule has 0 aliphatic heterocycles. The minimum atomic E-state index is -1.06. The second-order valence-corrected chi connectivity index (χ2v) is 5.28. The quantitative estimate of drug-likeness (QED) is 0.725. The number of benzene rings is 2. The van der Waals surface area contributed by atoms with Gasteiger partial charge in [0.05, 0.1) is 27.4 Å². The maximum absolute atomic E-state index is 10.6. The molecule has 0 aliphatic rings. The highest BCUT2D eigenvalue weighted by molar-refractivity contribution is 5.44. The summed E-state index contributed by atoms with van der Waals surface area (Å²) in [6, 6.07) is 12.2. The zero-order valence-corrected chi connectivity index (χ0v) is 14.6. The molecule has 0 spiro atoms. The fourth-order valence-corrected chi connectivity index (χ4v) is 2.44. The second-order valence-electron chi connectivity index (χ2n) is 5.28. The lowest BCUT2D eigenvalue weighted by Gasteiger charge is -2.24. The monoisotopic (exact) mass is 348 g/mol. The molecule has 0 saturated heterocycles. The Balaban J connectivity index is 2.22. The van der Waals surface area contributed by atoms with Gasteiger partial charge in [0, 0.05) is 0 Å². The summed E-state index contributed by atoms with van der Waals surface area (Å²) in [5.41, 5.74) is 0.550. The van der Waals surface area contributed by atoms with Gasteiger partial charge >= 0.3 is 0 Å². The third-order valence-electron chi connectivity index (χ3n) is 3.71. The van der Waals surface area contributed by atoms with E-state index in [9.17, 15) is 10.2 Å². The molecule has 0 aliphatic carbocycles. The van der Waals surface area contributed by atoms with E-state index in [1.807, 2.05) is 13.0 Å². The fraction of sp³-hybridized carbons (Fsp3) is 0.368. The minimum Gasteiger partial charge on any atom is -0.493 e. The third kappa shape index (κ3) is 4.55. The first kappa shape index (κ1) is 18.9. The fourth-order valence-electron chi connectivity index (χ4n) is 2.44. The van der Waals surface area contributed by atoms with Crippen molar-refractivity contribution in [3.8, 4) is 23.0 Å². The molecule has 136 valence electrons. The number of hydrogen-bond donors (Lipinski definition) is 2. The summed E-state index contributed by atoms with van der Waals surface area (Å²) >= 11 is 0. The van der Waals surface area contributed by atoms with Crippen molar-refractivity contribution in [1.29, 1.82) is 0 Å². The van der Waals surface area contributed by atoms with Crippen LogP contribution in [0.5, 0.6) is 23.0 Å². The van der Waals surface area contributed by atoms with Gasteiger partial charge in [-0.15, -0.1) is 0 Å². The van der Waals surface area contributed by atoms with Crippen LogP contribution < -0.4 is 18.9 Å². The first-order valence-corrected chi connectivity index (χ1v) is 8.03. The van der Waals surface area contributed by atoms with Crippen LogP contribution in [0.4, 0.5) is 0 Å². The molecule has 0 aromatic heterocycles. The number of para-hydroxylation sites is 2. The smallest absolute Gasteiger partial charge is 0.161 e. The van der Waals surface area contributed by atoms with Crippen molar-refractivity contribution in [2.75, 3.05) is 27.4 Å². The highest BCUT2D eigenvalue weighted by atomic mass is 16.5. The van der Waals surface area contributed by atoms with Crippen LogP contribution in [0.25, 0.3) is 0 Å². The number of hydrogen-bond acceptors (Lipinski definition) is 6. The molecule has 6 nitrogen and oxygen atoms in total. The third-order valence-corrected chi connectivity index (χ3v) is 3.71. The lowest BCUT2D eigenvalue weighted by atomic mass is 10.0. The van der Waals surface area contributed by atoms with E-state index in [0.29, 0.717) is 35.2 Å². The molecule has 25 heavy (non-hydrogen) atoms. The molecular formula is C19H24O6. The van der Waals surface area contributed by atoms with Crippen molar-refractivity contribution in [1.82, 2.24) is 0 Å². The van der Waals surface area contributed by atoms with E-state index >= 15 is 0 Å². The number of ether oxygens (including phenoxy) is 4. The molecule has 0 unspecified atom stereocenters. The summed E-state index contributed by atoms with van der Waals surface area (Å²) in [4.78, 5) is 0. The molecule has 0 fully saturated rings. The summed E-state index contributed by atoms with van der Waals surface area (Å²) in [5.74, 6) is 2.07. The van der Waals surface area contributed by atoms with Crippen LogP contribution in [-0.2, 0) is 0 Å². The van der Waals surface area contributed by atoms with Crippen molar-refractivity contribution in [2.45, 2.75) is 19.1 Å². The van der Waals surface area contributed by atoms with E-state index in [-0.39, 0.29) is 6.61 Å². The lowest BCUT2D eigenvalue weighted by molar-refractivity contribution is -0.000519. The van der Waals surface area contributed by atoms with Crippen LogP contribution in [0.15, 0.2) is 42.5 Å². The lowest BCUT2D eigenvalue weighted by Crippen LogP contribution is -2.29. The van der Waals surface area contributed by atoms with E-state index < -0.39 is 12.2 Å². The SMILES string of the molecule is CCOc1ccc([C@H](O)[C@H](CO)Oc2ccccc2OC)cc1OC. The van der Waals surface area contributed by atoms with Gasteiger partial charge in [0.15, 0.2) is 29.1 Å². The molecule has 0 saturated carbocycles.